The molecular weight excluding hydrogens is 426 g/mol. The topological polar surface area (TPSA) is 46.4 Å². The molecule has 0 aliphatic carbocycles. The van der Waals surface area contributed by atoms with Gasteiger partial charge in [0, 0.05) is 38.7 Å². The molecule has 1 amide bonds. The van der Waals surface area contributed by atoms with E-state index in [1.54, 1.807) is 18.3 Å². The van der Waals surface area contributed by atoms with E-state index in [4.69, 9.17) is 0 Å². The molecule has 0 saturated carbocycles. The molecule has 4 rings (SSSR count). The average Bonchev–Trinajstić information content (AvgIpc) is 3.00. The first-order valence-corrected chi connectivity index (χ1v) is 10.1. The van der Waals surface area contributed by atoms with Gasteiger partial charge in [0.05, 0.1) is 6.21 Å². The van der Waals surface area contributed by atoms with Crippen molar-refractivity contribution in [2.75, 3.05) is 0 Å². The van der Waals surface area contributed by atoms with Gasteiger partial charge < -0.3 is 4.57 Å². The summed E-state index contributed by atoms with van der Waals surface area (Å²) >= 11 is 3.38. The van der Waals surface area contributed by atoms with Crippen molar-refractivity contribution in [2.24, 2.45) is 5.10 Å². The van der Waals surface area contributed by atoms with Gasteiger partial charge in [0.2, 0.25) is 0 Å². The molecule has 0 atom stereocenters. The second-order valence-corrected chi connectivity index (χ2v) is 7.71. The Bertz CT molecular complexity index is 1200. The van der Waals surface area contributed by atoms with E-state index in [9.17, 15) is 4.79 Å². The zero-order chi connectivity index (χ0) is 20.2. The van der Waals surface area contributed by atoms with Crippen molar-refractivity contribution in [1.82, 2.24) is 9.99 Å². The van der Waals surface area contributed by atoms with Crippen molar-refractivity contribution >= 4 is 39.0 Å². The van der Waals surface area contributed by atoms with Gasteiger partial charge in [0.15, 0.2) is 0 Å². The maximum absolute atomic E-state index is 12.3. The monoisotopic (exact) mass is 445 g/mol. The maximum atomic E-state index is 12.3. The van der Waals surface area contributed by atoms with Crippen molar-refractivity contribution in [3.63, 3.8) is 0 Å². The van der Waals surface area contributed by atoms with Crippen LogP contribution in [0.3, 0.4) is 0 Å². The molecule has 0 fully saturated rings. The van der Waals surface area contributed by atoms with Gasteiger partial charge in [-0.2, -0.15) is 5.10 Å². The van der Waals surface area contributed by atoms with E-state index in [0.717, 1.165) is 33.2 Å². The zero-order valence-corrected chi connectivity index (χ0v) is 17.6. The minimum Gasteiger partial charge on any atom is -0.340 e. The number of carbonyl (C=O) groups is 1. The van der Waals surface area contributed by atoms with Crippen molar-refractivity contribution in [2.45, 2.75) is 13.5 Å². The van der Waals surface area contributed by atoms with Gasteiger partial charge in [-0.25, -0.2) is 5.43 Å². The van der Waals surface area contributed by atoms with Gasteiger partial charge in [-0.05, 0) is 36.8 Å². The standard InChI is InChI=1S/C24H20BrN3O/c1-17-22(15-26-27-24(29)19-10-7-11-20(25)14-19)21-12-5-6-13-23(21)28(17)16-18-8-3-2-4-9-18/h2-15H,16H2,1H3,(H,27,29). The predicted octanol–water partition coefficient (Wildman–Crippen LogP) is 5.52. The number of carbonyl (C=O) groups excluding carboxylic acids is 1. The summed E-state index contributed by atoms with van der Waals surface area (Å²) < 4.78 is 3.14. The van der Waals surface area contributed by atoms with Crippen molar-refractivity contribution in [1.29, 1.82) is 0 Å². The Kier molecular flexibility index (Phi) is 5.58. The van der Waals surface area contributed by atoms with E-state index in [1.165, 1.54) is 5.56 Å². The van der Waals surface area contributed by atoms with Gasteiger partial charge in [0.1, 0.15) is 0 Å². The molecule has 1 aromatic heterocycles. The van der Waals surface area contributed by atoms with Crippen LogP contribution in [0.15, 0.2) is 88.4 Å². The molecule has 0 saturated heterocycles. The van der Waals surface area contributed by atoms with Crippen LogP contribution in [0.2, 0.25) is 0 Å². The molecule has 0 spiro atoms. The van der Waals surface area contributed by atoms with E-state index < -0.39 is 0 Å². The third-order valence-electron chi connectivity index (χ3n) is 4.91. The Morgan fingerprint density at radius 2 is 1.79 bits per heavy atom. The fourth-order valence-corrected chi connectivity index (χ4v) is 3.84. The van der Waals surface area contributed by atoms with E-state index in [0.29, 0.717) is 5.56 Å². The number of amides is 1. The fourth-order valence-electron chi connectivity index (χ4n) is 3.44. The molecule has 5 heteroatoms. The Labute approximate surface area is 178 Å². The number of aromatic nitrogens is 1. The zero-order valence-electron chi connectivity index (χ0n) is 16.0. The molecule has 0 bridgehead atoms. The van der Waals surface area contributed by atoms with E-state index in [-0.39, 0.29) is 5.91 Å². The third kappa shape index (κ3) is 4.15. The first-order valence-electron chi connectivity index (χ1n) is 9.34. The van der Waals surface area contributed by atoms with Crippen LogP contribution in [0.25, 0.3) is 10.9 Å². The number of rotatable bonds is 5. The van der Waals surface area contributed by atoms with Crippen LogP contribution >= 0.6 is 15.9 Å². The summed E-state index contributed by atoms with van der Waals surface area (Å²) in [4.78, 5) is 12.3. The lowest BCUT2D eigenvalue weighted by Crippen LogP contribution is -2.17. The smallest absolute Gasteiger partial charge is 0.271 e. The Hall–Kier alpha value is -3.18. The highest BCUT2D eigenvalue weighted by molar-refractivity contribution is 9.10. The molecule has 144 valence electrons. The summed E-state index contributed by atoms with van der Waals surface area (Å²) in [5.74, 6) is -0.242. The van der Waals surface area contributed by atoms with Crippen LogP contribution in [0.1, 0.15) is 27.2 Å². The van der Waals surface area contributed by atoms with Gasteiger partial charge >= 0.3 is 0 Å². The minimum atomic E-state index is -0.242. The number of halogens is 1. The molecule has 4 aromatic rings. The average molecular weight is 446 g/mol. The van der Waals surface area contributed by atoms with E-state index >= 15 is 0 Å². The second kappa shape index (κ2) is 8.45. The van der Waals surface area contributed by atoms with Gasteiger partial charge in [-0.3, -0.25) is 4.79 Å². The molecule has 29 heavy (non-hydrogen) atoms. The summed E-state index contributed by atoms with van der Waals surface area (Å²) in [5, 5.41) is 5.34. The lowest BCUT2D eigenvalue weighted by molar-refractivity contribution is 0.0955. The number of hydrogen-bond acceptors (Lipinski definition) is 2. The highest BCUT2D eigenvalue weighted by Gasteiger charge is 2.13. The lowest BCUT2D eigenvalue weighted by atomic mass is 10.1. The van der Waals surface area contributed by atoms with Crippen molar-refractivity contribution in [3.05, 3.63) is 106 Å². The first kappa shape index (κ1) is 19.2. The molecule has 3 aromatic carbocycles. The second-order valence-electron chi connectivity index (χ2n) is 6.80. The number of hydrazone groups is 1. The summed E-state index contributed by atoms with van der Waals surface area (Å²) in [6.45, 7) is 2.87. The lowest BCUT2D eigenvalue weighted by Gasteiger charge is -2.08. The van der Waals surface area contributed by atoms with Crippen LogP contribution < -0.4 is 5.43 Å². The van der Waals surface area contributed by atoms with Crippen molar-refractivity contribution < 1.29 is 4.79 Å². The summed E-state index contributed by atoms with van der Waals surface area (Å²) in [6.07, 6.45) is 1.73. The molecule has 0 radical (unpaired) electrons. The number of para-hydroxylation sites is 1. The van der Waals surface area contributed by atoms with Crippen LogP contribution in [0.5, 0.6) is 0 Å². The number of fused-ring (bicyclic) bond motifs is 1. The van der Waals surface area contributed by atoms with Crippen LogP contribution in [-0.2, 0) is 6.54 Å². The predicted molar refractivity (Wildman–Crippen MR) is 121 cm³/mol. The number of nitrogens with one attached hydrogen (secondary N) is 1. The Balaban J connectivity index is 1.63. The molecular formula is C24H20BrN3O. The maximum Gasteiger partial charge on any atom is 0.271 e. The molecule has 1 N–H and O–H groups in total. The van der Waals surface area contributed by atoms with E-state index in [2.05, 4.69) is 74.3 Å². The molecule has 1 heterocycles. The van der Waals surface area contributed by atoms with Crippen LogP contribution in [-0.4, -0.2) is 16.7 Å². The molecule has 0 unspecified atom stereocenters. The summed E-state index contributed by atoms with van der Waals surface area (Å²) in [6, 6.07) is 25.9. The first-order chi connectivity index (χ1) is 14.1. The third-order valence-corrected chi connectivity index (χ3v) is 5.40. The van der Waals surface area contributed by atoms with Gasteiger partial charge in [-0.1, -0.05) is 70.5 Å². The summed E-state index contributed by atoms with van der Waals surface area (Å²) in [5.41, 5.74) is 7.68. The number of hydrogen-bond donors (Lipinski definition) is 1. The molecule has 0 aliphatic heterocycles. The normalized spacial score (nSPS) is 11.2. The largest absolute Gasteiger partial charge is 0.340 e. The van der Waals surface area contributed by atoms with Gasteiger partial charge in [0.25, 0.3) is 5.91 Å². The highest BCUT2D eigenvalue weighted by Crippen LogP contribution is 2.25. The minimum absolute atomic E-state index is 0.242. The van der Waals surface area contributed by atoms with Crippen LogP contribution in [0.4, 0.5) is 0 Å². The van der Waals surface area contributed by atoms with Crippen LogP contribution in [0, 0.1) is 6.92 Å². The number of nitrogens with zero attached hydrogens (tertiary/aromatic N) is 2. The quantitative estimate of drug-likeness (QED) is 0.318. The molecule has 0 aliphatic rings. The molecule has 4 nitrogen and oxygen atoms in total. The van der Waals surface area contributed by atoms with E-state index in [1.807, 2.05) is 30.3 Å². The highest BCUT2D eigenvalue weighted by atomic mass is 79.9. The Morgan fingerprint density at radius 3 is 2.59 bits per heavy atom. The van der Waals surface area contributed by atoms with Gasteiger partial charge in [-0.15, -0.1) is 0 Å². The van der Waals surface area contributed by atoms with Crippen molar-refractivity contribution in [3.8, 4) is 0 Å². The number of benzene rings is 3. The SMILES string of the molecule is Cc1c(C=NNC(=O)c2cccc(Br)c2)c2ccccc2n1Cc1ccccc1. The summed E-state index contributed by atoms with van der Waals surface area (Å²) in [7, 11) is 0. The fraction of sp³-hybridized carbons (Fsp3) is 0.0833. The Morgan fingerprint density at radius 1 is 1.03 bits per heavy atom.